The van der Waals surface area contributed by atoms with Gasteiger partial charge in [0.1, 0.15) is 30.3 Å². The Bertz CT molecular complexity index is 1350. The fraction of sp³-hybridized carbons (Fsp3) is 0.830. The molecule has 1 aromatic carbocycles. The van der Waals surface area contributed by atoms with Crippen molar-refractivity contribution in [2.24, 2.45) is 0 Å². The number of rotatable bonds is 35. The van der Waals surface area contributed by atoms with E-state index < -0.39 is 38.1 Å². The maximum Gasteiger partial charge on any atom is 0.527 e. The number of carbonyl (C=O) groups is 2. The normalized spacial score (nSPS) is 16.6. The van der Waals surface area contributed by atoms with Crippen LogP contribution >= 0.6 is 7.82 Å². The Balaban J connectivity index is 1.88. The van der Waals surface area contributed by atoms with E-state index in [4.69, 9.17) is 23.3 Å². The second kappa shape index (κ2) is 30.0. The Morgan fingerprint density at radius 3 is 1.59 bits per heavy atom. The summed E-state index contributed by atoms with van der Waals surface area (Å²) in [5, 5.41) is 9.88. The summed E-state index contributed by atoms with van der Waals surface area (Å²) in [6.07, 6.45) is 29.1. The number of esters is 2. The van der Waals surface area contributed by atoms with E-state index in [0.717, 1.165) is 49.7 Å². The second-order valence-electron chi connectivity index (χ2n) is 17.2. The Kier molecular flexibility index (Phi) is 26.9. The number of aliphatic hydroxyl groups is 1. The molecule has 0 fully saturated rings. The molecule has 0 bridgehead atoms. The first-order chi connectivity index (χ1) is 27.9. The molecule has 0 radical (unpaired) electrons. The van der Waals surface area contributed by atoms with Crippen LogP contribution in [0.2, 0.25) is 0 Å². The van der Waals surface area contributed by atoms with Crippen LogP contribution in [0.25, 0.3) is 0 Å². The molecular weight excluding hydrogens is 755 g/mol. The highest BCUT2D eigenvalue weighted by Crippen LogP contribution is 2.50. The van der Waals surface area contributed by atoms with Crippen LogP contribution in [0.3, 0.4) is 0 Å². The molecule has 0 aromatic heterocycles. The number of ether oxygens (including phenoxy) is 3. The molecule has 1 aromatic rings. The van der Waals surface area contributed by atoms with Gasteiger partial charge in [-0.05, 0) is 70.1 Å². The largest absolute Gasteiger partial charge is 0.527 e. The van der Waals surface area contributed by atoms with Gasteiger partial charge < -0.3 is 23.8 Å². The first-order valence-electron chi connectivity index (χ1n) is 23.3. The Morgan fingerprint density at radius 1 is 0.672 bits per heavy atom. The summed E-state index contributed by atoms with van der Waals surface area (Å²) < 4.78 is 41.9. The van der Waals surface area contributed by atoms with Gasteiger partial charge in [0, 0.05) is 18.4 Å². The van der Waals surface area contributed by atoms with Crippen molar-refractivity contribution < 1.29 is 47.4 Å². The SMILES string of the molecule is CCCCCCCCCCCCCCCC(=O)O[C@H](COC(=O)CCCCCCCCCCCCC)COP(=O)(O)Oc1c(C)c(C)c2c(c1C)CCC(C)(CO)O2. The van der Waals surface area contributed by atoms with Gasteiger partial charge in [-0.3, -0.25) is 19.0 Å². The van der Waals surface area contributed by atoms with Crippen LogP contribution in [0.4, 0.5) is 0 Å². The van der Waals surface area contributed by atoms with E-state index >= 15 is 0 Å². The van der Waals surface area contributed by atoms with Crippen molar-refractivity contribution in [3.8, 4) is 11.5 Å². The topological polar surface area (TPSA) is 138 Å². The highest BCUT2D eigenvalue weighted by atomic mass is 31.2. The van der Waals surface area contributed by atoms with Crippen molar-refractivity contribution in [2.45, 2.75) is 233 Å². The number of hydrogen-bond donors (Lipinski definition) is 2. The molecule has 0 aliphatic carbocycles. The summed E-state index contributed by atoms with van der Waals surface area (Å²) in [5.41, 5.74) is 2.18. The molecule has 0 amide bonds. The van der Waals surface area contributed by atoms with Crippen LogP contribution in [0.1, 0.15) is 216 Å². The van der Waals surface area contributed by atoms with Crippen molar-refractivity contribution in [2.75, 3.05) is 19.8 Å². The van der Waals surface area contributed by atoms with Gasteiger partial charge in [0.05, 0.1) is 6.61 Å². The van der Waals surface area contributed by atoms with Crippen molar-refractivity contribution in [1.82, 2.24) is 0 Å². The third-order valence-electron chi connectivity index (χ3n) is 11.7. The highest BCUT2D eigenvalue weighted by molar-refractivity contribution is 7.47. The lowest BCUT2D eigenvalue weighted by Crippen LogP contribution is -2.40. The Morgan fingerprint density at radius 2 is 1.12 bits per heavy atom. The minimum atomic E-state index is -4.70. The van der Waals surface area contributed by atoms with Crippen LogP contribution in [0.15, 0.2) is 0 Å². The van der Waals surface area contributed by atoms with Crippen molar-refractivity contribution in [3.05, 3.63) is 22.3 Å². The Labute approximate surface area is 352 Å². The van der Waals surface area contributed by atoms with Crippen molar-refractivity contribution in [1.29, 1.82) is 0 Å². The van der Waals surface area contributed by atoms with Gasteiger partial charge >= 0.3 is 19.8 Å². The highest BCUT2D eigenvalue weighted by Gasteiger charge is 2.36. The van der Waals surface area contributed by atoms with E-state index in [9.17, 15) is 24.2 Å². The van der Waals surface area contributed by atoms with Gasteiger partial charge in [0.15, 0.2) is 6.10 Å². The van der Waals surface area contributed by atoms with E-state index in [1.807, 2.05) is 20.8 Å². The maximum atomic E-state index is 13.4. The number of unbranched alkanes of at least 4 members (excludes halogenated alkanes) is 22. The summed E-state index contributed by atoms with van der Waals surface area (Å²) in [7, 11) is -4.70. The molecule has 336 valence electrons. The van der Waals surface area contributed by atoms with Gasteiger partial charge in [0.25, 0.3) is 0 Å². The molecule has 11 heteroatoms. The van der Waals surface area contributed by atoms with E-state index in [1.165, 1.54) is 109 Å². The number of aliphatic hydroxyl groups excluding tert-OH is 1. The summed E-state index contributed by atoms with van der Waals surface area (Å²) in [6.45, 7) is 10.9. The minimum Gasteiger partial charge on any atom is -0.485 e. The monoisotopic (exact) mass is 839 g/mol. The molecule has 10 nitrogen and oxygen atoms in total. The average molecular weight is 839 g/mol. The quantitative estimate of drug-likeness (QED) is 0.0386. The van der Waals surface area contributed by atoms with E-state index in [2.05, 4.69) is 13.8 Å². The number of benzene rings is 1. The summed E-state index contributed by atoms with van der Waals surface area (Å²) in [5.74, 6) is 0.0304. The zero-order valence-electron chi connectivity index (χ0n) is 37.6. The van der Waals surface area contributed by atoms with Crippen LogP contribution in [0, 0.1) is 20.8 Å². The van der Waals surface area contributed by atoms with Gasteiger partial charge in [0.2, 0.25) is 0 Å². The fourth-order valence-corrected chi connectivity index (χ4v) is 8.60. The van der Waals surface area contributed by atoms with Crippen LogP contribution in [-0.2, 0) is 34.6 Å². The number of hydrogen-bond acceptors (Lipinski definition) is 9. The first kappa shape index (κ1) is 52.0. The number of phosphoric acid groups is 1. The second-order valence-corrected chi connectivity index (χ2v) is 18.5. The summed E-state index contributed by atoms with van der Waals surface area (Å²) in [4.78, 5) is 36.5. The molecule has 2 N–H and O–H groups in total. The third-order valence-corrected chi connectivity index (χ3v) is 12.6. The number of fused-ring (bicyclic) bond motifs is 1. The first-order valence-corrected chi connectivity index (χ1v) is 24.8. The molecule has 0 spiro atoms. The van der Waals surface area contributed by atoms with E-state index in [0.29, 0.717) is 36.1 Å². The molecule has 1 aliphatic rings. The van der Waals surface area contributed by atoms with Gasteiger partial charge in [-0.15, -0.1) is 0 Å². The van der Waals surface area contributed by atoms with Crippen molar-refractivity contribution >= 4 is 19.8 Å². The smallest absolute Gasteiger partial charge is 0.485 e. The summed E-state index contributed by atoms with van der Waals surface area (Å²) in [6, 6.07) is 0. The molecule has 0 saturated carbocycles. The van der Waals surface area contributed by atoms with Crippen LogP contribution in [-0.4, -0.2) is 53.5 Å². The average Bonchev–Trinajstić information content (AvgIpc) is 3.20. The maximum absolute atomic E-state index is 13.4. The molecular formula is C47H83O10P. The minimum absolute atomic E-state index is 0.123. The number of phosphoric ester groups is 1. The predicted molar refractivity (Wildman–Crippen MR) is 234 cm³/mol. The zero-order chi connectivity index (χ0) is 42.7. The lowest BCUT2D eigenvalue weighted by atomic mass is 9.87. The lowest BCUT2D eigenvalue weighted by Gasteiger charge is -2.37. The Hall–Kier alpha value is -2.13. The molecule has 2 rings (SSSR count). The third kappa shape index (κ3) is 21.4. The molecule has 1 aliphatic heterocycles. The van der Waals surface area contributed by atoms with E-state index in [-0.39, 0.29) is 31.8 Å². The standard InChI is InChI=1S/C47H83O10P/c1-7-9-11-13-15-17-19-20-22-24-26-28-30-32-44(50)55-41(35-53-43(49)31-29-27-25-23-21-18-16-14-12-10-8-2)36-54-58(51,52)57-45-38(3)39(4)46-42(40(45)5)33-34-47(6,37-48)56-46/h41,48H,7-37H2,1-6H3,(H,51,52)/t41-,47?/m1/s1. The van der Waals surface area contributed by atoms with Crippen molar-refractivity contribution in [3.63, 3.8) is 0 Å². The number of carbonyl (C=O) groups excluding carboxylic acids is 2. The lowest BCUT2D eigenvalue weighted by molar-refractivity contribution is -0.161. The van der Waals surface area contributed by atoms with Crippen LogP contribution in [0.5, 0.6) is 11.5 Å². The van der Waals surface area contributed by atoms with Gasteiger partial charge in [-0.1, -0.05) is 155 Å². The zero-order valence-corrected chi connectivity index (χ0v) is 38.5. The van der Waals surface area contributed by atoms with Gasteiger partial charge in [-0.2, -0.15) is 0 Å². The summed E-state index contributed by atoms with van der Waals surface area (Å²) >= 11 is 0. The fourth-order valence-electron chi connectivity index (χ4n) is 7.69. The van der Waals surface area contributed by atoms with E-state index in [1.54, 1.807) is 6.92 Å². The molecule has 0 saturated heterocycles. The molecule has 1 heterocycles. The molecule has 2 unspecified atom stereocenters. The van der Waals surface area contributed by atoms with Gasteiger partial charge in [-0.25, -0.2) is 4.57 Å². The predicted octanol–water partition coefficient (Wildman–Crippen LogP) is 12.8. The molecule has 3 atom stereocenters. The van der Waals surface area contributed by atoms with Crippen LogP contribution < -0.4 is 9.26 Å². The molecule has 58 heavy (non-hydrogen) atoms.